The minimum absolute atomic E-state index is 0.0295. The van der Waals surface area contributed by atoms with Crippen molar-refractivity contribution in [2.75, 3.05) is 22.9 Å². The molecule has 110 valence electrons. The third kappa shape index (κ3) is 3.16. The minimum Gasteiger partial charge on any atom is -0.397 e. The number of amides is 1. The molecular formula is C15H19N5O. The first kappa shape index (κ1) is 13.5. The van der Waals surface area contributed by atoms with Gasteiger partial charge in [0.15, 0.2) is 0 Å². The molecular weight excluding hydrogens is 266 g/mol. The molecule has 2 aromatic rings. The summed E-state index contributed by atoms with van der Waals surface area (Å²) in [6.45, 7) is 1.82. The van der Waals surface area contributed by atoms with Crippen LogP contribution in [0.1, 0.15) is 18.4 Å². The van der Waals surface area contributed by atoms with Crippen molar-refractivity contribution in [3.8, 4) is 0 Å². The zero-order valence-electron chi connectivity index (χ0n) is 11.8. The smallest absolute Gasteiger partial charge is 0.228 e. The molecule has 0 bridgehead atoms. The lowest BCUT2D eigenvalue weighted by atomic mass is 10.1. The number of hydrogen-bond donors (Lipinski definition) is 3. The number of imidazole rings is 1. The Morgan fingerprint density at radius 1 is 1.38 bits per heavy atom. The van der Waals surface area contributed by atoms with Gasteiger partial charge in [0.25, 0.3) is 0 Å². The Balaban J connectivity index is 1.49. The van der Waals surface area contributed by atoms with Gasteiger partial charge in [0.2, 0.25) is 5.91 Å². The number of nitrogens with two attached hydrogens (primary N) is 1. The molecule has 0 unspecified atom stereocenters. The Labute approximate surface area is 123 Å². The molecule has 1 aliphatic rings. The van der Waals surface area contributed by atoms with Crippen molar-refractivity contribution in [2.24, 2.45) is 0 Å². The second-order valence-corrected chi connectivity index (χ2v) is 5.26. The van der Waals surface area contributed by atoms with E-state index in [1.165, 1.54) is 0 Å². The number of carbonyl (C=O) groups is 1. The van der Waals surface area contributed by atoms with E-state index in [0.29, 0.717) is 12.1 Å². The minimum atomic E-state index is 0.0295. The first-order chi connectivity index (χ1) is 10.2. The third-order valence-corrected chi connectivity index (χ3v) is 3.62. The number of anilines is 3. The molecule has 0 atom stereocenters. The maximum absolute atomic E-state index is 11.4. The number of nitrogens with zero attached hydrogens (tertiary/aromatic N) is 2. The average molecular weight is 285 g/mol. The van der Waals surface area contributed by atoms with Crippen LogP contribution in [0.3, 0.4) is 0 Å². The molecule has 0 spiro atoms. The van der Waals surface area contributed by atoms with Crippen LogP contribution in [-0.4, -0.2) is 22.0 Å². The van der Waals surface area contributed by atoms with Gasteiger partial charge in [0.05, 0.1) is 24.1 Å². The summed E-state index contributed by atoms with van der Waals surface area (Å²) in [5.41, 5.74) is 9.44. The van der Waals surface area contributed by atoms with Gasteiger partial charge < -0.3 is 20.9 Å². The van der Waals surface area contributed by atoms with Crippen molar-refractivity contribution in [2.45, 2.75) is 25.8 Å². The second kappa shape index (κ2) is 5.87. The van der Waals surface area contributed by atoms with E-state index in [1.54, 1.807) is 6.20 Å². The van der Waals surface area contributed by atoms with Gasteiger partial charge in [0.1, 0.15) is 0 Å². The van der Waals surface area contributed by atoms with Crippen LogP contribution in [-0.2, 0) is 17.8 Å². The number of aromatic nitrogens is 2. The maximum atomic E-state index is 11.4. The molecule has 4 N–H and O–H groups in total. The van der Waals surface area contributed by atoms with Crippen molar-refractivity contribution in [1.82, 2.24) is 9.55 Å². The molecule has 1 amide bonds. The van der Waals surface area contributed by atoms with Gasteiger partial charge in [-0.2, -0.15) is 0 Å². The van der Waals surface area contributed by atoms with Gasteiger partial charge in [-0.15, -0.1) is 0 Å². The van der Waals surface area contributed by atoms with Gasteiger partial charge in [-0.3, -0.25) is 4.79 Å². The molecule has 0 radical (unpaired) electrons. The highest BCUT2D eigenvalue weighted by atomic mass is 16.1. The van der Waals surface area contributed by atoms with Crippen molar-refractivity contribution >= 4 is 23.0 Å². The number of nitrogens with one attached hydrogen (secondary N) is 2. The zero-order valence-corrected chi connectivity index (χ0v) is 11.8. The summed E-state index contributed by atoms with van der Waals surface area (Å²) in [6.07, 6.45) is 8.12. The van der Waals surface area contributed by atoms with Crippen LogP contribution < -0.4 is 16.4 Å². The Morgan fingerprint density at radius 3 is 3.10 bits per heavy atom. The van der Waals surface area contributed by atoms with Crippen LogP contribution in [0.25, 0.3) is 0 Å². The predicted molar refractivity (Wildman–Crippen MR) is 83.1 cm³/mol. The number of carbonyl (C=O) groups excluding carboxylic acids is 1. The zero-order chi connectivity index (χ0) is 14.7. The summed E-state index contributed by atoms with van der Waals surface area (Å²) >= 11 is 0. The lowest BCUT2D eigenvalue weighted by molar-refractivity contribution is -0.115. The standard InChI is InChI=1S/C15H19N5O/c16-12-7-11-8-15(21)19-13(11)9-14(12)18-3-1-2-5-20-6-4-17-10-20/h4,6-7,9-10,18H,1-3,5,8,16H2,(H,19,21). The Bertz CT molecular complexity index is 636. The lowest BCUT2D eigenvalue weighted by Gasteiger charge is -2.11. The molecule has 1 aromatic carbocycles. The van der Waals surface area contributed by atoms with Crippen molar-refractivity contribution in [1.29, 1.82) is 0 Å². The number of rotatable bonds is 6. The molecule has 2 heterocycles. The van der Waals surface area contributed by atoms with Crippen LogP contribution >= 0.6 is 0 Å². The Kier molecular flexibility index (Phi) is 3.77. The largest absolute Gasteiger partial charge is 0.397 e. The van der Waals surface area contributed by atoms with Crippen molar-refractivity contribution < 1.29 is 4.79 Å². The van der Waals surface area contributed by atoms with Crippen molar-refractivity contribution in [3.63, 3.8) is 0 Å². The molecule has 0 aliphatic carbocycles. The lowest BCUT2D eigenvalue weighted by Crippen LogP contribution is -2.06. The van der Waals surface area contributed by atoms with Gasteiger partial charge in [0, 0.05) is 31.2 Å². The van der Waals surface area contributed by atoms with Crippen molar-refractivity contribution in [3.05, 3.63) is 36.4 Å². The topological polar surface area (TPSA) is 85.0 Å². The summed E-state index contributed by atoms with van der Waals surface area (Å²) in [5.74, 6) is 0.0295. The summed E-state index contributed by atoms with van der Waals surface area (Å²) in [7, 11) is 0. The summed E-state index contributed by atoms with van der Waals surface area (Å²) < 4.78 is 2.07. The first-order valence-electron chi connectivity index (χ1n) is 7.14. The monoisotopic (exact) mass is 285 g/mol. The van der Waals surface area contributed by atoms with Crippen LogP contribution in [0.15, 0.2) is 30.9 Å². The highest BCUT2D eigenvalue weighted by molar-refractivity contribution is 6.00. The number of benzene rings is 1. The van der Waals surface area contributed by atoms with Crippen LogP contribution in [0.5, 0.6) is 0 Å². The third-order valence-electron chi connectivity index (χ3n) is 3.62. The molecule has 0 saturated carbocycles. The number of aryl methyl sites for hydroxylation is 1. The average Bonchev–Trinajstić information content (AvgIpc) is 3.07. The molecule has 1 aromatic heterocycles. The molecule has 6 heteroatoms. The van der Waals surface area contributed by atoms with E-state index in [-0.39, 0.29) is 5.91 Å². The fraction of sp³-hybridized carbons (Fsp3) is 0.333. The molecule has 3 rings (SSSR count). The van der Waals surface area contributed by atoms with E-state index >= 15 is 0 Å². The van der Waals surface area contributed by atoms with E-state index in [1.807, 2.05) is 24.7 Å². The van der Waals surface area contributed by atoms with Gasteiger partial charge in [-0.25, -0.2) is 4.98 Å². The fourth-order valence-corrected chi connectivity index (χ4v) is 2.51. The van der Waals surface area contributed by atoms with E-state index in [0.717, 1.165) is 42.9 Å². The van der Waals surface area contributed by atoms with E-state index < -0.39 is 0 Å². The highest BCUT2D eigenvalue weighted by Crippen LogP contribution is 2.31. The molecule has 21 heavy (non-hydrogen) atoms. The summed E-state index contributed by atoms with van der Waals surface area (Å²) in [5, 5.41) is 6.18. The quantitative estimate of drug-likeness (QED) is 0.558. The highest BCUT2D eigenvalue weighted by Gasteiger charge is 2.19. The maximum Gasteiger partial charge on any atom is 0.228 e. The Morgan fingerprint density at radius 2 is 2.29 bits per heavy atom. The molecule has 0 saturated heterocycles. The van der Waals surface area contributed by atoms with Gasteiger partial charge in [-0.05, 0) is 30.5 Å². The summed E-state index contributed by atoms with van der Waals surface area (Å²) in [6, 6.07) is 3.80. The second-order valence-electron chi connectivity index (χ2n) is 5.26. The number of hydrogen-bond acceptors (Lipinski definition) is 4. The fourth-order valence-electron chi connectivity index (χ4n) is 2.51. The van der Waals surface area contributed by atoms with Crippen LogP contribution in [0.2, 0.25) is 0 Å². The Hall–Kier alpha value is -2.50. The normalized spacial score (nSPS) is 13.0. The number of unbranched alkanes of at least 4 members (excludes halogenated alkanes) is 1. The SMILES string of the molecule is Nc1cc2c(cc1NCCCCn1ccnc1)NC(=O)C2. The van der Waals surface area contributed by atoms with Crippen LogP contribution in [0.4, 0.5) is 17.1 Å². The van der Waals surface area contributed by atoms with Gasteiger partial charge in [-0.1, -0.05) is 0 Å². The first-order valence-corrected chi connectivity index (χ1v) is 7.14. The molecule has 0 fully saturated rings. The number of nitrogen functional groups attached to an aromatic ring is 1. The van der Waals surface area contributed by atoms with E-state index in [2.05, 4.69) is 20.2 Å². The predicted octanol–water partition coefficient (Wildman–Crippen LogP) is 1.85. The van der Waals surface area contributed by atoms with E-state index in [4.69, 9.17) is 5.73 Å². The molecule has 6 nitrogen and oxygen atoms in total. The molecule has 1 aliphatic heterocycles. The van der Waals surface area contributed by atoms with Gasteiger partial charge >= 0.3 is 0 Å². The number of fused-ring (bicyclic) bond motifs is 1. The summed E-state index contributed by atoms with van der Waals surface area (Å²) in [4.78, 5) is 15.4. The van der Waals surface area contributed by atoms with Crippen LogP contribution in [0, 0.1) is 0 Å². The van der Waals surface area contributed by atoms with E-state index in [9.17, 15) is 4.79 Å².